The van der Waals surface area contributed by atoms with Crippen LogP contribution in [0.25, 0.3) is 0 Å². The average Bonchev–Trinajstić information content (AvgIpc) is 2.25. The minimum Gasteiger partial charge on any atom is -0.465 e. The van der Waals surface area contributed by atoms with Gasteiger partial charge in [-0.2, -0.15) is 0 Å². The van der Waals surface area contributed by atoms with Gasteiger partial charge in [0.25, 0.3) is 0 Å². The second-order valence-corrected chi connectivity index (χ2v) is 3.69. The molecule has 0 spiro atoms. The predicted octanol–water partition coefficient (Wildman–Crippen LogP) is -2.12. The van der Waals surface area contributed by atoms with Crippen LogP contribution in [0.5, 0.6) is 0 Å². The van der Waals surface area contributed by atoms with E-state index in [1.54, 1.807) is 0 Å². The van der Waals surface area contributed by atoms with Gasteiger partial charge in [-0.1, -0.05) is 0 Å². The van der Waals surface area contributed by atoms with Crippen LogP contribution < -0.4 is 22.1 Å². The van der Waals surface area contributed by atoms with Gasteiger partial charge in [-0.3, -0.25) is 9.59 Å². The average molecular weight is 242 g/mol. The van der Waals surface area contributed by atoms with E-state index in [4.69, 9.17) is 16.6 Å². The molecule has 2 atom stereocenters. The summed E-state index contributed by atoms with van der Waals surface area (Å²) in [5.74, 6) is -0.703. The Morgan fingerprint density at radius 3 is 2.65 bits per heavy atom. The first kappa shape index (κ1) is 13.0. The fourth-order valence-electron chi connectivity index (χ4n) is 1.37. The normalized spacial score (nSPS) is 23.6. The predicted molar refractivity (Wildman–Crippen MR) is 57.8 cm³/mol. The van der Waals surface area contributed by atoms with Gasteiger partial charge in [0.1, 0.15) is 6.04 Å². The molecule has 0 saturated carbocycles. The van der Waals surface area contributed by atoms with Crippen molar-refractivity contribution in [2.75, 3.05) is 6.54 Å². The van der Waals surface area contributed by atoms with E-state index in [1.807, 2.05) is 5.32 Å². The number of hydrogen-bond acceptors (Lipinski definition) is 5. The van der Waals surface area contributed by atoms with Crippen LogP contribution in [-0.4, -0.2) is 41.5 Å². The lowest BCUT2D eigenvalue weighted by atomic mass is 9.95. The maximum Gasteiger partial charge on any atom is 0.405 e. The molecule has 0 aromatic rings. The lowest BCUT2D eigenvalue weighted by Gasteiger charge is -2.33. The second kappa shape index (κ2) is 5.30. The highest BCUT2D eigenvalue weighted by atomic mass is 16.4. The smallest absolute Gasteiger partial charge is 0.405 e. The number of carbonyl (C=O) groups is 3. The zero-order valence-corrected chi connectivity index (χ0v) is 8.97. The van der Waals surface area contributed by atoms with Gasteiger partial charge in [0.15, 0.2) is 5.78 Å². The molecule has 1 rings (SSSR count). The van der Waals surface area contributed by atoms with Gasteiger partial charge < -0.3 is 27.2 Å². The van der Waals surface area contributed by atoms with E-state index in [-0.39, 0.29) is 30.6 Å². The van der Waals surface area contributed by atoms with Crippen LogP contribution in [0.2, 0.25) is 0 Å². The van der Waals surface area contributed by atoms with Crippen LogP contribution in [-0.2, 0) is 9.59 Å². The van der Waals surface area contributed by atoms with E-state index in [1.165, 1.54) is 0 Å². The Morgan fingerprint density at radius 2 is 2.18 bits per heavy atom. The van der Waals surface area contributed by atoms with E-state index in [0.717, 1.165) is 6.08 Å². The van der Waals surface area contributed by atoms with Gasteiger partial charge in [0.2, 0.25) is 5.91 Å². The molecule has 1 heterocycles. The molecular formula is C9H14N4O4. The summed E-state index contributed by atoms with van der Waals surface area (Å²) in [4.78, 5) is 32.1. The summed E-state index contributed by atoms with van der Waals surface area (Å²) < 4.78 is 0. The van der Waals surface area contributed by atoms with Gasteiger partial charge in [-0.25, -0.2) is 4.79 Å². The first-order chi connectivity index (χ1) is 7.90. The van der Waals surface area contributed by atoms with Crippen LogP contribution >= 0.6 is 0 Å². The first-order valence-corrected chi connectivity index (χ1v) is 4.91. The lowest BCUT2D eigenvalue weighted by Crippen LogP contribution is -2.66. The Bertz CT molecular complexity index is 379. The number of carboxylic acid groups (broad SMARTS) is 1. The Hall–Kier alpha value is -2.09. The van der Waals surface area contributed by atoms with E-state index >= 15 is 0 Å². The highest BCUT2D eigenvalue weighted by Crippen LogP contribution is 2.10. The molecule has 8 heteroatoms. The number of ketones is 1. The van der Waals surface area contributed by atoms with Crippen molar-refractivity contribution in [2.45, 2.75) is 18.5 Å². The molecule has 8 nitrogen and oxygen atoms in total. The first-order valence-electron chi connectivity index (χ1n) is 4.91. The van der Waals surface area contributed by atoms with Crippen LogP contribution in [0, 0.1) is 0 Å². The highest BCUT2D eigenvalue weighted by Gasteiger charge is 2.35. The molecule has 1 aliphatic rings. The minimum atomic E-state index is -1.28. The molecule has 1 aliphatic heterocycles. The summed E-state index contributed by atoms with van der Waals surface area (Å²) in [5.41, 5.74) is 11.3. The molecule has 0 bridgehead atoms. The summed E-state index contributed by atoms with van der Waals surface area (Å²) in [6, 6.07) is -0.867. The van der Waals surface area contributed by atoms with E-state index in [2.05, 4.69) is 5.32 Å². The maximum absolute atomic E-state index is 11.2. The molecule has 2 amide bonds. The SMILES string of the molecule is N/C(=C\C(=O)CNC(=O)O)C[C@@H]1NC(=O)C1N. The standard InChI is InChI=1S/C9H14N4O4/c10-4(1-5(14)3-12-9(16)17)2-6-7(11)8(15)13-6/h1,6-7,12H,2-3,10-11H2,(H,13,15)(H,16,17)/b4-1-/t6-,7?/m0/s1. The highest BCUT2D eigenvalue weighted by molar-refractivity contribution is 5.93. The van der Waals surface area contributed by atoms with Crippen molar-refractivity contribution in [1.29, 1.82) is 0 Å². The van der Waals surface area contributed by atoms with Crippen LogP contribution in [0.1, 0.15) is 6.42 Å². The lowest BCUT2D eigenvalue weighted by molar-refractivity contribution is -0.130. The Balaban J connectivity index is 2.36. The number of nitrogens with one attached hydrogen (secondary N) is 2. The number of rotatable bonds is 5. The Morgan fingerprint density at radius 1 is 1.53 bits per heavy atom. The van der Waals surface area contributed by atoms with Crippen molar-refractivity contribution in [3.8, 4) is 0 Å². The largest absolute Gasteiger partial charge is 0.465 e. The van der Waals surface area contributed by atoms with E-state index < -0.39 is 17.9 Å². The Labute approximate surface area is 97.0 Å². The molecule has 1 fully saturated rings. The fourth-order valence-corrected chi connectivity index (χ4v) is 1.37. The fraction of sp³-hybridized carbons (Fsp3) is 0.444. The minimum absolute atomic E-state index is 0.248. The summed E-state index contributed by atoms with van der Waals surface area (Å²) in [6.45, 7) is -0.334. The molecule has 0 radical (unpaired) electrons. The molecule has 0 aromatic heterocycles. The van der Waals surface area contributed by atoms with E-state index in [9.17, 15) is 14.4 Å². The second-order valence-electron chi connectivity index (χ2n) is 3.69. The number of β-lactam (4-membered cyclic amide) rings is 1. The monoisotopic (exact) mass is 242 g/mol. The van der Waals surface area contributed by atoms with Crippen molar-refractivity contribution in [2.24, 2.45) is 11.5 Å². The topological polar surface area (TPSA) is 148 Å². The molecule has 0 aromatic carbocycles. The third-order valence-corrected chi connectivity index (χ3v) is 2.28. The number of nitrogens with two attached hydrogens (primary N) is 2. The quantitative estimate of drug-likeness (QED) is 0.275. The van der Waals surface area contributed by atoms with E-state index in [0.29, 0.717) is 0 Å². The zero-order chi connectivity index (χ0) is 13.0. The molecular weight excluding hydrogens is 228 g/mol. The van der Waals surface area contributed by atoms with Gasteiger partial charge in [0, 0.05) is 18.2 Å². The van der Waals surface area contributed by atoms with Gasteiger partial charge >= 0.3 is 6.09 Å². The van der Waals surface area contributed by atoms with Crippen LogP contribution in [0.4, 0.5) is 4.79 Å². The number of amides is 2. The number of hydrogen-bond donors (Lipinski definition) is 5. The molecule has 17 heavy (non-hydrogen) atoms. The van der Waals surface area contributed by atoms with Crippen LogP contribution in [0.15, 0.2) is 11.8 Å². The summed E-state index contributed by atoms with van der Waals surface area (Å²) in [7, 11) is 0. The number of carbonyl (C=O) groups excluding carboxylic acids is 2. The summed E-state index contributed by atoms with van der Waals surface area (Å²) in [6.07, 6.45) is 0.123. The molecule has 94 valence electrons. The third kappa shape index (κ3) is 3.76. The zero-order valence-electron chi connectivity index (χ0n) is 8.97. The molecule has 0 aliphatic carbocycles. The van der Waals surface area contributed by atoms with Crippen molar-refractivity contribution in [3.05, 3.63) is 11.8 Å². The van der Waals surface area contributed by atoms with Crippen molar-refractivity contribution in [1.82, 2.24) is 10.6 Å². The Kier molecular flexibility index (Phi) is 4.05. The van der Waals surface area contributed by atoms with Crippen molar-refractivity contribution in [3.63, 3.8) is 0 Å². The third-order valence-electron chi connectivity index (χ3n) is 2.28. The molecule has 1 saturated heterocycles. The van der Waals surface area contributed by atoms with Crippen molar-refractivity contribution < 1.29 is 19.5 Å². The van der Waals surface area contributed by atoms with Crippen LogP contribution in [0.3, 0.4) is 0 Å². The molecule has 1 unspecified atom stereocenters. The van der Waals surface area contributed by atoms with Gasteiger partial charge in [-0.15, -0.1) is 0 Å². The maximum atomic E-state index is 11.2. The van der Waals surface area contributed by atoms with Crippen molar-refractivity contribution >= 4 is 17.8 Å². The van der Waals surface area contributed by atoms with Gasteiger partial charge in [0.05, 0.1) is 12.6 Å². The van der Waals surface area contributed by atoms with Gasteiger partial charge in [-0.05, 0) is 0 Å². The summed E-state index contributed by atoms with van der Waals surface area (Å²) in [5, 5.41) is 12.7. The summed E-state index contributed by atoms with van der Waals surface area (Å²) >= 11 is 0. The molecule has 7 N–H and O–H groups in total.